The zero-order valence-electron chi connectivity index (χ0n) is 21.2. The summed E-state index contributed by atoms with van der Waals surface area (Å²) in [7, 11) is -4.17. The quantitative estimate of drug-likeness (QED) is 0.495. The first-order chi connectivity index (χ1) is 17.7. The molecule has 10 heteroatoms. The van der Waals surface area contributed by atoms with Gasteiger partial charge >= 0.3 is 5.97 Å². The maximum absolute atomic E-state index is 14.1. The van der Waals surface area contributed by atoms with Crippen LogP contribution in [0.4, 0.5) is 5.69 Å². The van der Waals surface area contributed by atoms with Gasteiger partial charge in [-0.3, -0.25) is 9.10 Å². The molecule has 1 saturated carbocycles. The van der Waals surface area contributed by atoms with E-state index in [0.717, 1.165) is 24.8 Å². The highest BCUT2D eigenvalue weighted by Gasteiger charge is 2.37. The lowest BCUT2D eigenvalue weighted by Crippen LogP contribution is -2.44. The fourth-order valence-electron chi connectivity index (χ4n) is 4.86. The fourth-order valence-corrected chi connectivity index (χ4v) is 6.53. The van der Waals surface area contributed by atoms with E-state index >= 15 is 0 Å². The Balaban J connectivity index is 1.76. The summed E-state index contributed by atoms with van der Waals surface area (Å²) in [5.41, 5.74) is 3.25. The molecule has 0 radical (unpaired) electrons. The van der Waals surface area contributed by atoms with Gasteiger partial charge in [-0.05, 0) is 67.9 Å². The molecule has 2 N–H and O–H groups in total. The van der Waals surface area contributed by atoms with E-state index in [1.807, 2.05) is 12.1 Å². The van der Waals surface area contributed by atoms with Crippen molar-refractivity contribution in [3.8, 4) is 11.6 Å². The van der Waals surface area contributed by atoms with Gasteiger partial charge in [0, 0.05) is 12.6 Å². The molecule has 0 amide bonds. The molecule has 1 aliphatic carbocycles. The molecule has 2 aliphatic rings. The number of aryl methyl sites for hydroxylation is 1. The van der Waals surface area contributed by atoms with Crippen LogP contribution in [0.15, 0.2) is 40.9 Å². The van der Waals surface area contributed by atoms with Crippen molar-refractivity contribution >= 4 is 27.8 Å². The maximum Gasteiger partial charge on any atom is 0.303 e. The molecule has 0 saturated heterocycles. The largest absolute Gasteiger partial charge is 0.486 e. The number of carbonyl (C=O) groups is 1. The maximum atomic E-state index is 14.1. The van der Waals surface area contributed by atoms with Crippen molar-refractivity contribution in [1.29, 1.82) is 0 Å². The molecule has 1 aromatic carbocycles. The molecule has 2 aromatic rings. The van der Waals surface area contributed by atoms with Gasteiger partial charge < -0.3 is 19.7 Å². The number of aromatic nitrogens is 1. The summed E-state index contributed by atoms with van der Waals surface area (Å²) in [6, 6.07) is 6.95. The van der Waals surface area contributed by atoms with Crippen LogP contribution in [-0.2, 0) is 14.8 Å². The minimum absolute atomic E-state index is 0.0486. The SMILES string of the molecule is Cc1cnc(OCCO)c(S(=O)(=O)N2C[C@H](CCC(=O)O)Oc3ccc(C=C4CCCC(C)C4)cc32)c1. The van der Waals surface area contributed by atoms with Crippen molar-refractivity contribution in [3.63, 3.8) is 0 Å². The number of sulfonamides is 1. The number of ether oxygens (including phenoxy) is 2. The summed E-state index contributed by atoms with van der Waals surface area (Å²) in [5, 5.41) is 18.4. The number of fused-ring (bicyclic) bond motifs is 1. The average molecular weight is 531 g/mol. The van der Waals surface area contributed by atoms with Crippen LogP contribution in [0.2, 0.25) is 0 Å². The van der Waals surface area contributed by atoms with Crippen molar-refractivity contribution < 1.29 is 32.9 Å². The zero-order valence-corrected chi connectivity index (χ0v) is 22.0. The third kappa shape index (κ3) is 6.42. The molecule has 0 bridgehead atoms. The molecule has 9 nitrogen and oxygen atoms in total. The first-order valence-electron chi connectivity index (χ1n) is 12.6. The molecule has 4 rings (SSSR count). The molecular weight excluding hydrogens is 496 g/mol. The van der Waals surface area contributed by atoms with Crippen LogP contribution in [0, 0.1) is 12.8 Å². The van der Waals surface area contributed by atoms with E-state index < -0.39 is 22.1 Å². The summed E-state index contributed by atoms with van der Waals surface area (Å²) in [6.45, 7) is 3.54. The van der Waals surface area contributed by atoms with E-state index in [2.05, 4.69) is 18.0 Å². The standard InChI is InChI=1S/C27H34N2O7S/c1-18-4-3-5-20(12-18)14-21-6-8-24-23(15-21)29(17-22(36-24)7-9-26(31)32)37(33,34)25-13-19(2)16-28-27(25)35-11-10-30/h6,8,13-16,18,22,30H,3-5,7,9-12,17H2,1-2H3,(H,31,32)/t18?,22-/m0/s1. The van der Waals surface area contributed by atoms with Crippen LogP contribution >= 0.6 is 0 Å². The van der Waals surface area contributed by atoms with Gasteiger partial charge in [0.05, 0.1) is 18.8 Å². The molecule has 1 aromatic heterocycles. The van der Waals surface area contributed by atoms with E-state index in [1.54, 1.807) is 13.0 Å². The van der Waals surface area contributed by atoms with Gasteiger partial charge in [-0.15, -0.1) is 0 Å². The first-order valence-corrected chi connectivity index (χ1v) is 14.1. The van der Waals surface area contributed by atoms with Crippen molar-refractivity contribution in [2.45, 2.75) is 63.4 Å². The van der Waals surface area contributed by atoms with Gasteiger partial charge in [0.25, 0.3) is 10.0 Å². The number of nitrogens with zero attached hydrogens (tertiary/aromatic N) is 2. The Hall–Kier alpha value is -3.11. The zero-order chi connectivity index (χ0) is 26.6. The van der Waals surface area contributed by atoms with Crippen LogP contribution in [0.25, 0.3) is 6.08 Å². The minimum atomic E-state index is -4.17. The lowest BCUT2D eigenvalue weighted by atomic mass is 9.86. The summed E-state index contributed by atoms with van der Waals surface area (Å²) in [4.78, 5) is 15.2. The lowest BCUT2D eigenvalue weighted by molar-refractivity contribution is -0.137. The van der Waals surface area contributed by atoms with Gasteiger partial charge in [0.15, 0.2) is 0 Å². The molecule has 1 fully saturated rings. The third-order valence-electron chi connectivity index (χ3n) is 6.62. The summed E-state index contributed by atoms with van der Waals surface area (Å²) in [5.74, 6) is -0.0684. The van der Waals surface area contributed by atoms with Crippen molar-refractivity contribution in [2.75, 3.05) is 24.1 Å². The topological polar surface area (TPSA) is 126 Å². The smallest absolute Gasteiger partial charge is 0.303 e. The Labute approximate surface area is 217 Å². The average Bonchev–Trinajstić information content (AvgIpc) is 2.86. The van der Waals surface area contributed by atoms with Crippen LogP contribution in [0.3, 0.4) is 0 Å². The second-order valence-corrected chi connectivity index (χ2v) is 11.7. The molecule has 1 aliphatic heterocycles. The van der Waals surface area contributed by atoms with Gasteiger partial charge in [-0.1, -0.05) is 31.1 Å². The van der Waals surface area contributed by atoms with Crippen LogP contribution in [-0.4, -0.2) is 55.4 Å². The van der Waals surface area contributed by atoms with Crippen LogP contribution in [0.5, 0.6) is 11.6 Å². The third-order valence-corrected chi connectivity index (χ3v) is 8.40. The molecule has 200 valence electrons. The molecular formula is C27H34N2O7S. The van der Waals surface area contributed by atoms with Gasteiger partial charge in [0.2, 0.25) is 5.88 Å². The number of carboxylic acid groups (broad SMARTS) is 1. The van der Waals surface area contributed by atoms with Crippen LogP contribution < -0.4 is 13.8 Å². The normalized spacial score (nSPS) is 20.8. The lowest BCUT2D eigenvalue weighted by Gasteiger charge is -2.36. The van der Waals surface area contributed by atoms with E-state index in [4.69, 9.17) is 14.6 Å². The second-order valence-electron chi connectivity index (χ2n) is 9.83. The number of pyridine rings is 1. The number of hydrogen-bond donors (Lipinski definition) is 2. The number of allylic oxidation sites excluding steroid dienone is 1. The number of aliphatic hydroxyl groups excluding tert-OH is 1. The summed E-state index contributed by atoms with van der Waals surface area (Å²) < 4.78 is 40.9. The Morgan fingerprint density at radius 2 is 2.14 bits per heavy atom. The summed E-state index contributed by atoms with van der Waals surface area (Å²) >= 11 is 0. The number of carboxylic acids is 1. The van der Waals surface area contributed by atoms with E-state index in [9.17, 15) is 18.3 Å². The number of rotatable bonds is 9. The van der Waals surface area contributed by atoms with Crippen molar-refractivity contribution in [2.24, 2.45) is 5.92 Å². The van der Waals surface area contributed by atoms with Crippen molar-refractivity contribution in [3.05, 3.63) is 47.2 Å². The number of anilines is 1. The molecule has 37 heavy (non-hydrogen) atoms. The van der Waals surface area contributed by atoms with Gasteiger partial charge in [0.1, 0.15) is 23.4 Å². The highest BCUT2D eigenvalue weighted by Crippen LogP contribution is 2.41. The predicted molar refractivity (Wildman–Crippen MR) is 139 cm³/mol. The second kappa shape index (κ2) is 11.5. The summed E-state index contributed by atoms with van der Waals surface area (Å²) in [6.07, 6.45) is 7.41. The van der Waals surface area contributed by atoms with E-state index in [-0.39, 0.29) is 43.4 Å². The fraction of sp³-hybridized carbons (Fsp3) is 0.481. The monoisotopic (exact) mass is 530 g/mol. The van der Waals surface area contributed by atoms with Crippen molar-refractivity contribution in [1.82, 2.24) is 4.98 Å². The Bertz CT molecular complexity index is 1280. The Morgan fingerprint density at radius 1 is 1.32 bits per heavy atom. The minimum Gasteiger partial charge on any atom is -0.486 e. The van der Waals surface area contributed by atoms with E-state index in [0.29, 0.717) is 22.9 Å². The highest BCUT2D eigenvalue weighted by molar-refractivity contribution is 7.93. The number of aliphatic carboxylic acids is 1. The highest BCUT2D eigenvalue weighted by atomic mass is 32.2. The van der Waals surface area contributed by atoms with E-state index in [1.165, 1.54) is 28.6 Å². The molecule has 0 spiro atoms. The van der Waals surface area contributed by atoms with Gasteiger partial charge in [-0.2, -0.15) is 0 Å². The molecule has 1 unspecified atom stereocenters. The number of hydrogen-bond acceptors (Lipinski definition) is 7. The Morgan fingerprint density at radius 3 is 2.86 bits per heavy atom. The first kappa shape index (κ1) is 26.9. The number of aliphatic hydroxyl groups is 1. The Kier molecular flexibility index (Phi) is 8.39. The van der Waals surface area contributed by atoms with Gasteiger partial charge in [-0.25, -0.2) is 13.4 Å². The number of benzene rings is 1. The van der Waals surface area contributed by atoms with Crippen LogP contribution in [0.1, 0.15) is 56.6 Å². The molecule has 2 atom stereocenters. The molecule has 2 heterocycles. The predicted octanol–water partition coefficient (Wildman–Crippen LogP) is 4.18.